The van der Waals surface area contributed by atoms with Gasteiger partial charge in [0, 0.05) is 6.42 Å². The molecule has 3 heteroatoms. The van der Waals surface area contributed by atoms with Crippen molar-refractivity contribution >= 4 is 11.7 Å². The van der Waals surface area contributed by atoms with Crippen LogP contribution >= 0.6 is 0 Å². The lowest BCUT2D eigenvalue weighted by molar-refractivity contribution is -0.137. The Morgan fingerprint density at radius 1 is 1.15 bits per heavy atom. The Kier molecular flexibility index (Phi) is 6.43. The van der Waals surface area contributed by atoms with E-state index in [9.17, 15) is 9.59 Å². The van der Waals surface area contributed by atoms with Crippen LogP contribution in [-0.2, 0) is 9.59 Å². The summed E-state index contributed by atoms with van der Waals surface area (Å²) in [4.78, 5) is 25.4. The fourth-order valence-electron chi connectivity index (χ4n) is 2.38. The molecule has 0 N–H and O–H groups in total. The zero-order valence-electron chi connectivity index (χ0n) is 13.0. The van der Waals surface area contributed by atoms with Crippen molar-refractivity contribution in [3.63, 3.8) is 0 Å². The molecular formula is C17H25NO2. The largest absolute Gasteiger partial charge is 0.328 e. The number of Topliss-reactive ketones (excluding diaryl/α,β-unsaturated/α-hetero) is 1. The van der Waals surface area contributed by atoms with Crippen molar-refractivity contribution < 1.29 is 9.59 Å². The van der Waals surface area contributed by atoms with E-state index in [-0.39, 0.29) is 24.3 Å². The molecule has 0 fully saturated rings. The van der Waals surface area contributed by atoms with Crippen molar-refractivity contribution in [3.05, 3.63) is 35.4 Å². The van der Waals surface area contributed by atoms with Crippen molar-refractivity contribution in [3.8, 4) is 0 Å². The maximum absolute atomic E-state index is 12.2. The molecule has 0 bridgehead atoms. The first-order valence-electron chi connectivity index (χ1n) is 7.35. The van der Waals surface area contributed by atoms with E-state index >= 15 is 0 Å². The van der Waals surface area contributed by atoms with Gasteiger partial charge in [0.2, 0.25) is 5.91 Å². The highest BCUT2D eigenvalue weighted by atomic mass is 16.2. The standard InChI is InChI=1S/C17H25NO2/c1-5-7-16(15-10-8-13(3)9-11-15)18(12-14(4)19)17(20)6-2/h8-11,16H,5-7,12H2,1-4H3. The van der Waals surface area contributed by atoms with Crippen LogP contribution in [0.2, 0.25) is 0 Å². The maximum atomic E-state index is 12.2. The minimum absolute atomic E-state index is 0.00282. The topological polar surface area (TPSA) is 37.4 Å². The third-order valence-corrected chi connectivity index (χ3v) is 3.42. The molecule has 20 heavy (non-hydrogen) atoms. The molecule has 0 aromatic heterocycles. The number of carbonyl (C=O) groups excluding carboxylic acids is 2. The van der Waals surface area contributed by atoms with Crippen LogP contribution in [0, 0.1) is 6.92 Å². The Morgan fingerprint density at radius 3 is 2.20 bits per heavy atom. The number of benzene rings is 1. The second-order valence-corrected chi connectivity index (χ2v) is 5.29. The molecule has 1 aromatic rings. The third kappa shape index (κ3) is 4.48. The molecule has 3 nitrogen and oxygen atoms in total. The zero-order valence-corrected chi connectivity index (χ0v) is 13.0. The van der Waals surface area contributed by atoms with E-state index < -0.39 is 0 Å². The first-order chi connectivity index (χ1) is 9.49. The van der Waals surface area contributed by atoms with Gasteiger partial charge in [-0.2, -0.15) is 0 Å². The van der Waals surface area contributed by atoms with Gasteiger partial charge in [0.25, 0.3) is 0 Å². The number of hydrogen-bond acceptors (Lipinski definition) is 2. The Morgan fingerprint density at radius 2 is 1.75 bits per heavy atom. The van der Waals surface area contributed by atoms with E-state index in [0.717, 1.165) is 18.4 Å². The average molecular weight is 275 g/mol. The van der Waals surface area contributed by atoms with Gasteiger partial charge in [0.05, 0.1) is 12.6 Å². The molecule has 1 unspecified atom stereocenters. The van der Waals surface area contributed by atoms with Crippen molar-refractivity contribution in [1.82, 2.24) is 4.90 Å². The predicted molar refractivity (Wildman–Crippen MR) is 81.5 cm³/mol. The number of rotatable bonds is 7. The lowest BCUT2D eigenvalue weighted by Gasteiger charge is -2.31. The molecule has 0 aliphatic carbocycles. The number of carbonyl (C=O) groups is 2. The van der Waals surface area contributed by atoms with Gasteiger partial charge in [-0.05, 0) is 25.8 Å². The van der Waals surface area contributed by atoms with E-state index in [2.05, 4.69) is 31.2 Å². The van der Waals surface area contributed by atoms with Gasteiger partial charge in [0.15, 0.2) is 0 Å². The summed E-state index contributed by atoms with van der Waals surface area (Å²) in [5.74, 6) is 0.0687. The molecule has 1 aromatic carbocycles. The summed E-state index contributed by atoms with van der Waals surface area (Å²) >= 11 is 0. The molecule has 0 saturated heterocycles. The lowest BCUT2D eigenvalue weighted by atomic mass is 9.98. The lowest BCUT2D eigenvalue weighted by Crippen LogP contribution is -2.37. The molecular weight excluding hydrogens is 250 g/mol. The van der Waals surface area contributed by atoms with Gasteiger partial charge < -0.3 is 4.90 Å². The van der Waals surface area contributed by atoms with Crippen LogP contribution in [0.5, 0.6) is 0 Å². The van der Waals surface area contributed by atoms with Crippen LogP contribution in [0.1, 0.15) is 57.2 Å². The highest BCUT2D eigenvalue weighted by Gasteiger charge is 2.24. The minimum atomic E-state index is -0.00282. The summed E-state index contributed by atoms with van der Waals surface area (Å²) in [6.45, 7) is 7.72. The van der Waals surface area contributed by atoms with Crippen molar-refractivity contribution in [1.29, 1.82) is 0 Å². The SMILES string of the molecule is CCCC(c1ccc(C)cc1)N(CC(C)=O)C(=O)CC. The number of amides is 1. The van der Waals surface area contributed by atoms with Crippen molar-refractivity contribution in [2.75, 3.05) is 6.54 Å². The smallest absolute Gasteiger partial charge is 0.223 e. The van der Waals surface area contributed by atoms with Gasteiger partial charge in [-0.1, -0.05) is 50.1 Å². The third-order valence-electron chi connectivity index (χ3n) is 3.42. The summed E-state index contributed by atoms with van der Waals surface area (Å²) in [6, 6.07) is 8.23. The van der Waals surface area contributed by atoms with Crippen LogP contribution in [0.15, 0.2) is 24.3 Å². The quantitative estimate of drug-likeness (QED) is 0.761. The summed E-state index contributed by atoms with van der Waals surface area (Å²) in [5.41, 5.74) is 2.31. The van der Waals surface area contributed by atoms with Gasteiger partial charge in [-0.3, -0.25) is 9.59 Å². The number of hydrogen-bond donors (Lipinski definition) is 0. The molecule has 1 atom stereocenters. The minimum Gasteiger partial charge on any atom is -0.328 e. The number of nitrogens with zero attached hydrogens (tertiary/aromatic N) is 1. The second kappa shape index (κ2) is 7.83. The van der Waals surface area contributed by atoms with Crippen molar-refractivity contribution in [2.24, 2.45) is 0 Å². The molecule has 1 rings (SSSR count). The molecule has 0 saturated carbocycles. The van der Waals surface area contributed by atoms with Crippen LogP contribution in [0.3, 0.4) is 0 Å². The number of aryl methyl sites for hydroxylation is 1. The molecule has 0 spiro atoms. The Balaban J connectivity index is 3.08. The van der Waals surface area contributed by atoms with E-state index in [1.54, 1.807) is 4.90 Å². The van der Waals surface area contributed by atoms with Crippen LogP contribution in [0.25, 0.3) is 0 Å². The van der Waals surface area contributed by atoms with Gasteiger partial charge in [-0.25, -0.2) is 0 Å². The summed E-state index contributed by atoms with van der Waals surface area (Å²) in [7, 11) is 0. The molecule has 0 aliphatic rings. The second-order valence-electron chi connectivity index (χ2n) is 5.29. The summed E-state index contributed by atoms with van der Waals surface area (Å²) < 4.78 is 0. The van der Waals surface area contributed by atoms with E-state index in [4.69, 9.17) is 0 Å². The van der Waals surface area contributed by atoms with Gasteiger partial charge in [0.1, 0.15) is 5.78 Å². The van der Waals surface area contributed by atoms with E-state index in [1.807, 2.05) is 13.8 Å². The normalized spacial score (nSPS) is 12.0. The van der Waals surface area contributed by atoms with Crippen molar-refractivity contribution in [2.45, 2.75) is 53.0 Å². The highest BCUT2D eigenvalue weighted by molar-refractivity contribution is 5.84. The van der Waals surface area contributed by atoms with Crippen LogP contribution in [-0.4, -0.2) is 23.1 Å². The Hall–Kier alpha value is -1.64. The predicted octanol–water partition coefficient (Wildman–Crippen LogP) is 3.66. The summed E-state index contributed by atoms with van der Waals surface area (Å²) in [6.07, 6.45) is 2.28. The van der Waals surface area contributed by atoms with E-state index in [0.29, 0.717) is 6.42 Å². The van der Waals surface area contributed by atoms with Crippen LogP contribution in [0.4, 0.5) is 0 Å². The first kappa shape index (κ1) is 16.4. The van der Waals surface area contributed by atoms with E-state index in [1.165, 1.54) is 12.5 Å². The Bertz CT molecular complexity index is 451. The fourth-order valence-corrected chi connectivity index (χ4v) is 2.38. The van der Waals surface area contributed by atoms with Crippen LogP contribution < -0.4 is 0 Å². The number of ketones is 1. The van der Waals surface area contributed by atoms with Gasteiger partial charge in [-0.15, -0.1) is 0 Å². The zero-order chi connectivity index (χ0) is 15.1. The highest BCUT2D eigenvalue weighted by Crippen LogP contribution is 2.26. The molecule has 0 aliphatic heterocycles. The molecule has 1 amide bonds. The average Bonchev–Trinajstić information content (AvgIpc) is 2.42. The molecule has 0 heterocycles. The first-order valence-corrected chi connectivity index (χ1v) is 7.35. The molecule has 0 radical (unpaired) electrons. The Labute approximate surface area is 122 Å². The summed E-state index contributed by atoms with van der Waals surface area (Å²) in [5, 5.41) is 0. The fraction of sp³-hybridized carbons (Fsp3) is 0.529. The molecule has 110 valence electrons. The maximum Gasteiger partial charge on any atom is 0.223 e. The monoisotopic (exact) mass is 275 g/mol. The van der Waals surface area contributed by atoms with Gasteiger partial charge >= 0.3 is 0 Å².